The summed E-state index contributed by atoms with van der Waals surface area (Å²) in [7, 11) is 0. The third-order valence-corrected chi connectivity index (χ3v) is 1.21. The molecule has 1 rings (SSSR count). The number of rotatable bonds is 2. The van der Waals surface area contributed by atoms with Gasteiger partial charge in [0, 0.05) is 0 Å². The van der Waals surface area contributed by atoms with Crippen LogP contribution in [0.25, 0.3) is 0 Å². The van der Waals surface area contributed by atoms with E-state index in [1.165, 1.54) is 0 Å². The molecule has 1 N–H and O–H groups in total. The normalized spacial score (nSPS) is 14.2. The van der Waals surface area contributed by atoms with E-state index < -0.39 is 6.10 Å². The van der Waals surface area contributed by atoms with Crippen molar-refractivity contribution in [2.75, 3.05) is 0 Å². The molecular weight excluding hydrogens is 128 g/mol. The Morgan fingerprint density at radius 1 is 1.70 bits per heavy atom. The minimum atomic E-state index is -0.597. The zero-order chi connectivity index (χ0) is 7.40. The fourth-order valence-corrected chi connectivity index (χ4v) is 0.737. The Balaban J connectivity index is 2.67. The summed E-state index contributed by atoms with van der Waals surface area (Å²) in [6.45, 7) is 1.85. The maximum Gasteiger partial charge on any atom is 0.136 e. The third kappa shape index (κ3) is 1.48. The zero-order valence-electron chi connectivity index (χ0n) is 5.82. The molecule has 0 aliphatic rings. The molecule has 0 radical (unpaired) electrons. The quantitative estimate of drug-likeness (QED) is 0.633. The first-order valence-corrected chi connectivity index (χ1v) is 3.19. The van der Waals surface area contributed by atoms with E-state index in [0.29, 0.717) is 5.76 Å². The second kappa shape index (κ2) is 3.22. The van der Waals surface area contributed by atoms with Crippen molar-refractivity contribution in [2.24, 2.45) is 0 Å². The predicted octanol–water partition coefficient (Wildman–Crippen LogP) is 1.89. The molecular formula is C8H10O2. The van der Waals surface area contributed by atoms with Gasteiger partial charge in [-0.15, -0.1) is 0 Å². The Morgan fingerprint density at radius 2 is 2.50 bits per heavy atom. The van der Waals surface area contributed by atoms with Crippen molar-refractivity contribution in [2.45, 2.75) is 13.0 Å². The van der Waals surface area contributed by atoms with Crippen LogP contribution < -0.4 is 0 Å². The summed E-state index contributed by atoms with van der Waals surface area (Å²) >= 11 is 0. The standard InChI is InChI=1S/C8H10O2/c1-2-4-7(9)8-5-3-6-10-8/h2-7,9H,1H3/b4-2+/t7-/m1/s1. The lowest BCUT2D eigenvalue weighted by molar-refractivity contribution is 0.197. The number of allylic oxidation sites excluding steroid dienone is 1. The average molecular weight is 138 g/mol. The summed E-state index contributed by atoms with van der Waals surface area (Å²) in [6, 6.07) is 3.49. The molecule has 1 atom stereocenters. The van der Waals surface area contributed by atoms with Gasteiger partial charge in [0.05, 0.1) is 6.26 Å². The van der Waals surface area contributed by atoms with Crippen LogP contribution in [-0.4, -0.2) is 5.11 Å². The van der Waals surface area contributed by atoms with Crippen LogP contribution in [0.4, 0.5) is 0 Å². The van der Waals surface area contributed by atoms with E-state index in [2.05, 4.69) is 0 Å². The summed E-state index contributed by atoms with van der Waals surface area (Å²) in [4.78, 5) is 0. The average Bonchev–Trinajstić information content (AvgIpc) is 2.38. The van der Waals surface area contributed by atoms with Crippen LogP contribution in [0.15, 0.2) is 35.0 Å². The van der Waals surface area contributed by atoms with Crippen molar-refractivity contribution >= 4 is 0 Å². The van der Waals surface area contributed by atoms with Crippen molar-refractivity contribution in [1.82, 2.24) is 0 Å². The van der Waals surface area contributed by atoms with Crippen molar-refractivity contribution in [1.29, 1.82) is 0 Å². The van der Waals surface area contributed by atoms with Crippen molar-refractivity contribution in [3.05, 3.63) is 36.3 Å². The van der Waals surface area contributed by atoms with Crippen LogP contribution in [0.3, 0.4) is 0 Å². The zero-order valence-corrected chi connectivity index (χ0v) is 5.82. The van der Waals surface area contributed by atoms with Crippen LogP contribution in [-0.2, 0) is 0 Å². The summed E-state index contributed by atoms with van der Waals surface area (Å²) in [6.07, 6.45) is 4.40. The third-order valence-electron chi connectivity index (χ3n) is 1.21. The fourth-order valence-electron chi connectivity index (χ4n) is 0.737. The lowest BCUT2D eigenvalue weighted by Gasteiger charge is -1.97. The van der Waals surface area contributed by atoms with Gasteiger partial charge < -0.3 is 9.52 Å². The molecule has 0 saturated heterocycles. The molecule has 0 unspecified atom stereocenters. The summed E-state index contributed by atoms with van der Waals surface area (Å²) in [5.41, 5.74) is 0. The molecule has 0 aliphatic heterocycles. The van der Waals surface area contributed by atoms with Gasteiger partial charge in [-0.25, -0.2) is 0 Å². The monoisotopic (exact) mass is 138 g/mol. The molecule has 10 heavy (non-hydrogen) atoms. The highest BCUT2D eigenvalue weighted by molar-refractivity contribution is 5.07. The minimum absolute atomic E-state index is 0.582. The van der Waals surface area contributed by atoms with E-state index in [1.807, 2.05) is 6.92 Å². The topological polar surface area (TPSA) is 33.4 Å². The second-order valence-corrected chi connectivity index (χ2v) is 1.99. The SMILES string of the molecule is C/C=C/[C@@H](O)c1ccco1. The minimum Gasteiger partial charge on any atom is -0.466 e. The molecule has 54 valence electrons. The largest absolute Gasteiger partial charge is 0.466 e. The van der Waals surface area contributed by atoms with Gasteiger partial charge in [-0.05, 0) is 19.1 Å². The highest BCUT2D eigenvalue weighted by atomic mass is 16.4. The van der Waals surface area contributed by atoms with Crippen molar-refractivity contribution in [3.8, 4) is 0 Å². The summed E-state index contributed by atoms with van der Waals surface area (Å²) in [5, 5.41) is 9.23. The Hall–Kier alpha value is -1.02. The lowest BCUT2D eigenvalue weighted by Crippen LogP contribution is -1.88. The Bertz CT molecular complexity index is 199. The second-order valence-electron chi connectivity index (χ2n) is 1.99. The molecule has 0 fully saturated rings. The Morgan fingerprint density at radius 3 is 3.00 bits per heavy atom. The van der Waals surface area contributed by atoms with E-state index in [9.17, 15) is 5.11 Å². The maximum absolute atomic E-state index is 9.23. The molecule has 0 aromatic carbocycles. The van der Waals surface area contributed by atoms with Crippen LogP contribution in [0.2, 0.25) is 0 Å². The highest BCUT2D eigenvalue weighted by Crippen LogP contribution is 2.13. The van der Waals surface area contributed by atoms with Gasteiger partial charge in [0.15, 0.2) is 0 Å². The lowest BCUT2D eigenvalue weighted by atomic mass is 10.2. The predicted molar refractivity (Wildman–Crippen MR) is 38.5 cm³/mol. The first kappa shape index (κ1) is 7.09. The molecule has 0 spiro atoms. The number of hydrogen-bond donors (Lipinski definition) is 1. The van der Waals surface area contributed by atoms with E-state index in [4.69, 9.17) is 4.42 Å². The summed E-state index contributed by atoms with van der Waals surface area (Å²) < 4.78 is 4.95. The molecule has 1 heterocycles. The first-order chi connectivity index (χ1) is 4.84. The van der Waals surface area contributed by atoms with Gasteiger partial charge in [-0.2, -0.15) is 0 Å². The van der Waals surface area contributed by atoms with E-state index in [0.717, 1.165) is 0 Å². The molecule has 2 heteroatoms. The molecule has 1 aromatic rings. The van der Waals surface area contributed by atoms with Gasteiger partial charge in [0.25, 0.3) is 0 Å². The van der Waals surface area contributed by atoms with Crippen LogP contribution in [0.1, 0.15) is 18.8 Å². The van der Waals surface area contributed by atoms with E-state index in [1.54, 1.807) is 30.5 Å². The number of furan rings is 1. The van der Waals surface area contributed by atoms with Gasteiger partial charge in [-0.3, -0.25) is 0 Å². The smallest absolute Gasteiger partial charge is 0.136 e. The van der Waals surface area contributed by atoms with E-state index >= 15 is 0 Å². The number of aliphatic hydroxyl groups excluding tert-OH is 1. The van der Waals surface area contributed by atoms with Crippen LogP contribution in [0.5, 0.6) is 0 Å². The Labute approximate surface area is 59.8 Å². The maximum atomic E-state index is 9.23. The van der Waals surface area contributed by atoms with Crippen molar-refractivity contribution < 1.29 is 9.52 Å². The van der Waals surface area contributed by atoms with Gasteiger partial charge >= 0.3 is 0 Å². The molecule has 1 aromatic heterocycles. The van der Waals surface area contributed by atoms with Crippen molar-refractivity contribution in [3.63, 3.8) is 0 Å². The molecule has 0 bridgehead atoms. The highest BCUT2D eigenvalue weighted by Gasteiger charge is 2.03. The summed E-state index contributed by atoms with van der Waals surface area (Å²) in [5.74, 6) is 0.582. The fraction of sp³-hybridized carbons (Fsp3) is 0.250. The molecule has 0 amide bonds. The van der Waals surface area contributed by atoms with E-state index in [-0.39, 0.29) is 0 Å². The first-order valence-electron chi connectivity index (χ1n) is 3.19. The van der Waals surface area contributed by atoms with Gasteiger partial charge in [-0.1, -0.05) is 12.2 Å². The molecule has 0 saturated carbocycles. The number of aliphatic hydroxyl groups is 1. The number of hydrogen-bond acceptors (Lipinski definition) is 2. The van der Waals surface area contributed by atoms with Gasteiger partial charge in [0.2, 0.25) is 0 Å². The Kier molecular flexibility index (Phi) is 2.29. The van der Waals surface area contributed by atoms with Crippen LogP contribution in [0, 0.1) is 0 Å². The molecule has 0 aliphatic carbocycles. The molecule has 2 nitrogen and oxygen atoms in total. The van der Waals surface area contributed by atoms with Gasteiger partial charge in [0.1, 0.15) is 11.9 Å². The van der Waals surface area contributed by atoms with Crippen LogP contribution >= 0.6 is 0 Å².